The number of benzene rings is 2. The van der Waals surface area contributed by atoms with E-state index in [9.17, 15) is 0 Å². The molecule has 1 N–H and O–H groups in total. The minimum Gasteiger partial charge on any atom is -0.313 e. The van der Waals surface area contributed by atoms with Crippen molar-refractivity contribution >= 4 is 10.8 Å². The molecule has 0 aliphatic carbocycles. The second kappa shape index (κ2) is 5.52. The van der Waals surface area contributed by atoms with Crippen molar-refractivity contribution in [3.63, 3.8) is 0 Å². The molecule has 0 aromatic heterocycles. The van der Waals surface area contributed by atoms with Gasteiger partial charge in [-0.3, -0.25) is 0 Å². The Balaban J connectivity index is 2.31. The summed E-state index contributed by atoms with van der Waals surface area (Å²) in [6.07, 6.45) is 7.10. The van der Waals surface area contributed by atoms with Crippen molar-refractivity contribution in [3.8, 4) is 12.3 Å². The minimum absolute atomic E-state index is 0.343. The van der Waals surface area contributed by atoms with Gasteiger partial charge in [-0.1, -0.05) is 36.4 Å². The molecule has 0 aliphatic heterocycles. The van der Waals surface area contributed by atoms with Crippen LogP contribution in [0.15, 0.2) is 42.5 Å². The highest BCUT2D eigenvalue weighted by molar-refractivity contribution is 5.83. The Kier molecular flexibility index (Phi) is 3.80. The molecule has 0 spiro atoms. The molecule has 1 unspecified atom stereocenters. The Labute approximate surface area is 103 Å². The maximum absolute atomic E-state index is 5.32. The highest BCUT2D eigenvalue weighted by Gasteiger charge is 2.08. The van der Waals surface area contributed by atoms with E-state index in [1.807, 2.05) is 7.05 Å². The van der Waals surface area contributed by atoms with Crippen molar-refractivity contribution < 1.29 is 0 Å². The van der Waals surface area contributed by atoms with Gasteiger partial charge in [0.05, 0.1) is 0 Å². The summed E-state index contributed by atoms with van der Waals surface area (Å²) in [4.78, 5) is 0. The molecular weight excluding hydrogens is 206 g/mol. The third-order valence-corrected chi connectivity index (χ3v) is 3.10. The lowest BCUT2D eigenvalue weighted by atomic mass is 9.99. The smallest absolute Gasteiger partial charge is 0.0326 e. The molecule has 2 rings (SSSR count). The predicted octanol–water partition coefficient (Wildman–Crippen LogP) is 3.51. The minimum atomic E-state index is 0.343. The highest BCUT2D eigenvalue weighted by Crippen LogP contribution is 2.22. The summed E-state index contributed by atoms with van der Waals surface area (Å²) in [5.74, 6) is 2.70. The molecule has 0 saturated heterocycles. The Morgan fingerprint density at radius 2 is 1.94 bits per heavy atom. The fourth-order valence-electron chi connectivity index (χ4n) is 2.13. The summed E-state index contributed by atoms with van der Waals surface area (Å²) in [5.41, 5.74) is 1.31. The molecule has 2 aromatic carbocycles. The Bertz CT molecular complexity index is 536. The van der Waals surface area contributed by atoms with Gasteiger partial charge in [0.15, 0.2) is 0 Å². The monoisotopic (exact) mass is 223 g/mol. The van der Waals surface area contributed by atoms with Crippen molar-refractivity contribution in [2.45, 2.75) is 18.9 Å². The van der Waals surface area contributed by atoms with Crippen LogP contribution in [-0.2, 0) is 0 Å². The average molecular weight is 223 g/mol. The van der Waals surface area contributed by atoms with Crippen molar-refractivity contribution in [1.82, 2.24) is 5.32 Å². The summed E-state index contributed by atoms with van der Waals surface area (Å²) in [5, 5.41) is 5.89. The molecule has 0 aliphatic rings. The fourth-order valence-corrected chi connectivity index (χ4v) is 2.13. The number of fused-ring (bicyclic) bond motifs is 1. The third-order valence-electron chi connectivity index (χ3n) is 3.10. The maximum atomic E-state index is 5.32. The topological polar surface area (TPSA) is 12.0 Å². The van der Waals surface area contributed by atoms with Gasteiger partial charge in [-0.05, 0) is 35.9 Å². The fraction of sp³-hybridized carbons (Fsp3) is 0.250. The Morgan fingerprint density at radius 3 is 2.65 bits per heavy atom. The molecule has 2 aromatic rings. The van der Waals surface area contributed by atoms with E-state index in [1.54, 1.807) is 0 Å². The van der Waals surface area contributed by atoms with Crippen LogP contribution in [0, 0.1) is 12.3 Å². The molecule has 0 bridgehead atoms. The van der Waals surface area contributed by atoms with Crippen LogP contribution in [0.25, 0.3) is 10.8 Å². The molecule has 1 atom stereocenters. The molecule has 0 radical (unpaired) electrons. The van der Waals surface area contributed by atoms with Crippen molar-refractivity contribution in [3.05, 3.63) is 48.0 Å². The van der Waals surface area contributed by atoms with Gasteiger partial charge in [-0.15, -0.1) is 12.3 Å². The van der Waals surface area contributed by atoms with Crippen LogP contribution >= 0.6 is 0 Å². The zero-order valence-corrected chi connectivity index (χ0v) is 10.1. The predicted molar refractivity (Wildman–Crippen MR) is 73.8 cm³/mol. The van der Waals surface area contributed by atoms with Crippen LogP contribution in [0.3, 0.4) is 0 Å². The summed E-state index contributed by atoms with van der Waals surface area (Å²) in [7, 11) is 1.98. The molecular formula is C16H17N. The summed E-state index contributed by atoms with van der Waals surface area (Å²) >= 11 is 0. The van der Waals surface area contributed by atoms with E-state index in [1.165, 1.54) is 16.3 Å². The van der Waals surface area contributed by atoms with E-state index in [4.69, 9.17) is 6.42 Å². The first-order chi connectivity index (χ1) is 8.35. The molecule has 1 nitrogen and oxygen atoms in total. The molecule has 17 heavy (non-hydrogen) atoms. The lowest BCUT2D eigenvalue weighted by Gasteiger charge is -2.16. The van der Waals surface area contributed by atoms with Gasteiger partial charge in [0.25, 0.3) is 0 Å². The van der Waals surface area contributed by atoms with E-state index >= 15 is 0 Å². The number of rotatable bonds is 4. The van der Waals surface area contributed by atoms with E-state index in [-0.39, 0.29) is 0 Å². The highest BCUT2D eigenvalue weighted by atomic mass is 14.9. The third kappa shape index (κ3) is 2.67. The van der Waals surface area contributed by atoms with Crippen LogP contribution in [0.2, 0.25) is 0 Å². The van der Waals surface area contributed by atoms with Gasteiger partial charge in [0.2, 0.25) is 0 Å². The lowest BCUT2D eigenvalue weighted by molar-refractivity contribution is 0.559. The van der Waals surface area contributed by atoms with E-state index in [0.29, 0.717) is 6.04 Å². The largest absolute Gasteiger partial charge is 0.313 e. The first kappa shape index (κ1) is 11.7. The van der Waals surface area contributed by atoms with E-state index < -0.39 is 0 Å². The summed E-state index contributed by atoms with van der Waals surface area (Å²) < 4.78 is 0. The average Bonchev–Trinajstić information content (AvgIpc) is 2.39. The second-order valence-electron chi connectivity index (χ2n) is 4.19. The van der Waals surface area contributed by atoms with Crippen molar-refractivity contribution in [2.24, 2.45) is 0 Å². The summed E-state index contributed by atoms with van der Waals surface area (Å²) in [6.45, 7) is 0. The Hall–Kier alpha value is -1.78. The van der Waals surface area contributed by atoms with Crippen molar-refractivity contribution in [2.75, 3.05) is 7.05 Å². The quantitative estimate of drug-likeness (QED) is 0.782. The van der Waals surface area contributed by atoms with Crippen LogP contribution in [0.1, 0.15) is 24.4 Å². The molecule has 0 saturated carbocycles. The zero-order valence-electron chi connectivity index (χ0n) is 10.1. The number of hydrogen-bond donors (Lipinski definition) is 1. The van der Waals surface area contributed by atoms with Crippen LogP contribution < -0.4 is 5.32 Å². The number of nitrogens with one attached hydrogen (secondary N) is 1. The van der Waals surface area contributed by atoms with E-state index in [0.717, 1.165) is 12.8 Å². The van der Waals surface area contributed by atoms with Crippen LogP contribution in [-0.4, -0.2) is 7.05 Å². The van der Waals surface area contributed by atoms with Gasteiger partial charge < -0.3 is 5.32 Å². The number of hydrogen-bond acceptors (Lipinski definition) is 1. The van der Waals surface area contributed by atoms with Gasteiger partial charge >= 0.3 is 0 Å². The molecule has 0 amide bonds. The molecule has 1 heteroatoms. The first-order valence-corrected chi connectivity index (χ1v) is 5.94. The standard InChI is InChI=1S/C16H17N/c1-3-4-9-16(17-2)15-11-10-13-7-5-6-8-14(13)12-15/h1,5-8,10-12,16-17H,4,9H2,2H3. The first-order valence-electron chi connectivity index (χ1n) is 5.94. The van der Waals surface area contributed by atoms with Gasteiger partial charge in [-0.25, -0.2) is 0 Å². The maximum Gasteiger partial charge on any atom is 0.0326 e. The molecule has 86 valence electrons. The van der Waals surface area contributed by atoms with Crippen molar-refractivity contribution in [1.29, 1.82) is 0 Å². The van der Waals surface area contributed by atoms with Crippen LogP contribution in [0.5, 0.6) is 0 Å². The lowest BCUT2D eigenvalue weighted by Crippen LogP contribution is -2.15. The summed E-state index contributed by atoms with van der Waals surface area (Å²) in [6, 6.07) is 15.4. The second-order valence-corrected chi connectivity index (χ2v) is 4.19. The van der Waals surface area contributed by atoms with Gasteiger partial charge in [0, 0.05) is 12.5 Å². The zero-order chi connectivity index (χ0) is 12.1. The SMILES string of the molecule is C#CCCC(NC)c1ccc2ccccc2c1. The molecule has 0 fully saturated rings. The molecule has 0 heterocycles. The van der Waals surface area contributed by atoms with Gasteiger partial charge in [0.1, 0.15) is 0 Å². The van der Waals surface area contributed by atoms with Gasteiger partial charge in [-0.2, -0.15) is 0 Å². The normalized spacial score (nSPS) is 12.2. The van der Waals surface area contributed by atoms with E-state index in [2.05, 4.69) is 53.7 Å². The number of terminal acetylenes is 1. The Morgan fingerprint density at radius 1 is 1.18 bits per heavy atom. The van der Waals surface area contributed by atoms with Crippen LogP contribution in [0.4, 0.5) is 0 Å².